The van der Waals surface area contributed by atoms with Crippen molar-refractivity contribution in [3.05, 3.63) is 59.2 Å². The van der Waals surface area contributed by atoms with Gasteiger partial charge in [0.15, 0.2) is 11.5 Å². The minimum atomic E-state index is -0.692. The van der Waals surface area contributed by atoms with E-state index in [1.807, 2.05) is 0 Å². The maximum atomic E-state index is 13.7. The van der Waals surface area contributed by atoms with Crippen LogP contribution in [0.4, 0.5) is 8.78 Å². The summed E-state index contributed by atoms with van der Waals surface area (Å²) < 4.78 is 37.0. The van der Waals surface area contributed by atoms with Gasteiger partial charge in [0, 0.05) is 25.2 Å². The number of carbonyl (C=O) groups is 1. The van der Waals surface area contributed by atoms with Crippen LogP contribution in [0, 0.1) is 11.6 Å². The molecule has 0 heterocycles. The highest BCUT2D eigenvalue weighted by Gasteiger charge is 2.20. The number of hydrogen-bond donors (Lipinski definition) is 0. The summed E-state index contributed by atoms with van der Waals surface area (Å²) in [6, 6.07) is 8.21. The Morgan fingerprint density at radius 1 is 1.13 bits per heavy atom. The third-order valence-electron chi connectivity index (χ3n) is 3.40. The van der Waals surface area contributed by atoms with Crippen LogP contribution in [0.5, 0.6) is 11.5 Å². The number of benzene rings is 2. The molecule has 0 aliphatic heterocycles. The second kappa shape index (κ2) is 7.09. The number of para-hydroxylation sites is 1. The average molecular weight is 321 g/mol. The van der Waals surface area contributed by atoms with Crippen LogP contribution in [0.15, 0.2) is 36.4 Å². The summed E-state index contributed by atoms with van der Waals surface area (Å²) in [7, 11) is 4.45. The molecule has 122 valence electrons. The largest absolute Gasteiger partial charge is 0.493 e. The number of halogens is 2. The highest BCUT2D eigenvalue weighted by atomic mass is 19.1. The third kappa shape index (κ3) is 3.59. The van der Waals surface area contributed by atoms with Crippen LogP contribution in [-0.2, 0) is 6.54 Å². The summed E-state index contributed by atoms with van der Waals surface area (Å²) in [5.41, 5.74) is 0.529. The number of nitrogens with zero attached hydrogens (tertiary/aromatic N) is 1. The van der Waals surface area contributed by atoms with Gasteiger partial charge in [0.05, 0.1) is 19.8 Å². The van der Waals surface area contributed by atoms with E-state index in [4.69, 9.17) is 9.47 Å². The molecule has 0 spiro atoms. The Hall–Kier alpha value is -2.63. The molecule has 1 amide bonds. The second-order valence-electron chi connectivity index (χ2n) is 4.94. The predicted octanol–water partition coefficient (Wildman–Crippen LogP) is 3.25. The first-order chi connectivity index (χ1) is 11.0. The van der Waals surface area contributed by atoms with Gasteiger partial charge in [-0.25, -0.2) is 8.78 Å². The molecule has 0 aliphatic rings. The Morgan fingerprint density at radius 3 is 2.48 bits per heavy atom. The van der Waals surface area contributed by atoms with Crippen LogP contribution in [0.25, 0.3) is 0 Å². The lowest BCUT2D eigenvalue weighted by molar-refractivity contribution is 0.0779. The van der Waals surface area contributed by atoms with E-state index in [-0.39, 0.29) is 18.0 Å². The van der Waals surface area contributed by atoms with Gasteiger partial charge in [-0.3, -0.25) is 4.79 Å². The summed E-state index contributed by atoms with van der Waals surface area (Å²) in [6.45, 7) is 0.00527. The Labute approximate surface area is 133 Å². The molecule has 0 atom stereocenters. The first kappa shape index (κ1) is 16.7. The lowest BCUT2D eigenvalue weighted by Crippen LogP contribution is -2.27. The number of hydrogen-bond acceptors (Lipinski definition) is 3. The van der Waals surface area contributed by atoms with Gasteiger partial charge < -0.3 is 14.4 Å². The number of rotatable bonds is 5. The van der Waals surface area contributed by atoms with E-state index < -0.39 is 11.6 Å². The Morgan fingerprint density at radius 2 is 1.87 bits per heavy atom. The minimum Gasteiger partial charge on any atom is -0.493 e. The van der Waals surface area contributed by atoms with E-state index in [2.05, 4.69) is 0 Å². The molecule has 0 radical (unpaired) electrons. The molecule has 23 heavy (non-hydrogen) atoms. The molecule has 0 bridgehead atoms. The quantitative estimate of drug-likeness (QED) is 0.848. The maximum absolute atomic E-state index is 13.7. The fourth-order valence-electron chi connectivity index (χ4n) is 2.24. The van der Waals surface area contributed by atoms with Crippen LogP contribution >= 0.6 is 0 Å². The highest BCUT2D eigenvalue weighted by molar-refractivity contribution is 5.97. The van der Waals surface area contributed by atoms with Crippen molar-refractivity contribution in [2.24, 2.45) is 0 Å². The summed E-state index contributed by atoms with van der Waals surface area (Å²) in [4.78, 5) is 13.9. The van der Waals surface area contributed by atoms with Crippen molar-refractivity contribution in [1.29, 1.82) is 0 Å². The first-order valence-electron chi connectivity index (χ1n) is 6.88. The van der Waals surface area contributed by atoms with Crippen molar-refractivity contribution in [1.82, 2.24) is 4.90 Å². The molecular weight excluding hydrogens is 304 g/mol. The summed E-state index contributed by atoms with van der Waals surface area (Å²) in [6.07, 6.45) is 0. The van der Waals surface area contributed by atoms with Crippen molar-refractivity contribution in [3.8, 4) is 11.5 Å². The SMILES string of the molecule is COc1cccc(C(=O)N(C)Cc2ccc(F)cc2F)c1OC. The number of methoxy groups -OCH3 is 2. The van der Waals surface area contributed by atoms with Gasteiger partial charge in [-0.2, -0.15) is 0 Å². The molecule has 2 aromatic rings. The van der Waals surface area contributed by atoms with Crippen molar-refractivity contribution >= 4 is 5.91 Å². The van der Waals surface area contributed by atoms with Crippen molar-refractivity contribution in [2.45, 2.75) is 6.54 Å². The molecule has 4 nitrogen and oxygen atoms in total. The minimum absolute atomic E-state index is 0.00527. The van der Waals surface area contributed by atoms with Crippen molar-refractivity contribution in [2.75, 3.05) is 21.3 Å². The van der Waals surface area contributed by atoms with Crippen LogP contribution in [0.3, 0.4) is 0 Å². The van der Waals surface area contributed by atoms with Crippen LogP contribution in [0.1, 0.15) is 15.9 Å². The fraction of sp³-hybridized carbons (Fsp3) is 0.235. The van der Waals surface area contributed by atoms with Gasteiger partial charge >= 0.3 is 0 Å². The van der Waals surface area contributed by atoms with Gasteiger partial charge in [0.2, 0.25) is 0 Å². The molecule has 6 heteroatoms. The van der Waals surface area contributed by atoms with E-state index in [9.17, 15) is 13.6 Å². The predicted molar refractivity (Wildman–Crippen MR) is 81.7 cm³/mol. The van der Waals surface area contributed by atoms with Crippen LogP contribution < -0.4 is 9.47 Å². The molecule has 0 fully saturated rings. The highest BCUT2D eigenvalue weighted by Crippen LogP contribution is 2.31. The summed E-state index contributed by atoms with van der Waals surface area (Å²) in [5.74, 6) is -0.965. The molecule has 0 N–H and O–H groups in total. The molecule has 0 saturated carbocycles. The van der Waals surface area contributed by atoms with Crippen LogP contribution in [0.2, 0.25) is 0 Å². The van der Waals surface area contributed by atoms with E-state index in [0.717, 1.165) is 12.1 Å². The van der Waals surface area contributed by atoms with Gasteiger partial charge in [-0.05, 0) is 18.2 Å². The van der Waals surface area contributed by atoms with E-state index in [0.29, 0.717) is 17.1 Å². The lowest BCUT2D eigenvalue weighted by atomic mass is 10.1. The second-order valence-corrected chi connectivity index (χ2v) is 4.94. The number of amides is 1. The normalized spacial score (nSPS) is 10.3. The fourth-order valence-corrected chi connectivity index (χ4v) is 2.24. The molecule has 2 rings (SSSR count). The molecule has 0 aliphatic carbocycles. The summed E-state index contributed by atoms with van der Waals surface area (Å²) >= 11 is 0. The number of ether oxygens (including phenoxy) is 2. The third-order valence-corrected chi connectivity index (χ3v) is 3.40. The van der Waals surface area contributed by atoms with E-state index in [1.54, 1.807) is 18.2 Å². The Bertz CT molecular complexity index is 719. The zero-order valence-electron chi connectivity index (χ0n) is 13.1. The molecule has 0 aromatic heterocycles. The lowest BCUT2D eigenvalue weighted by Gasteiger charge is -2.20. The molecular formula is C17H17F2NO3. The maximum Gasteiger partial charge on any atom is 0.257 e. The van der Waals surface area contributed by atoms with E-state index in [1.165, 1.54) is 32.2 Å². The molecule has 0 saturated heterocycles. The monoisotopic (exact) mass is 321 g/mol. The van der Waals surface area contributed by atoms with Gasteiger partial charge in [0.25, 0.3) is 5.91 Å². The van der Waals surface area contributed by atoms with Crippen molar-refractivity contribution in [3.63, 3.8) is 0 Å². The average Bonchev–Trinajstić information content (AvgIpc) is 2.55. The molecule has 0 unspecified atom stereocenters. The van der Waals surface area contributed by atoms with Crippen LogP contribution in [-0.4, -0.2) is 32.1 Å². The van der Waals surface area contributed by atoms with E-state index >= 15 is 0 Å². The van der Waals surface area contributed by atoms with Gasteiger partial charge in [-0.1, -0.05) is 12.1 Å². The van der Waals surface area contributed by atoms with Gasteiger partial charge in [-0.15, -0.1) is 0 Å². The first-order valence-corrected chi connectivity index (χ1v) is 6.88. The zero-order valence-corrected chi connectivity index (χ0v) is 13.1. The smallest absolute Gasteiger partial charge is 0.257 e. The topological polar surface area (TPSA) is 38.8 Å². The Kier molecular flexibility index (Phi) is 5.16. The van der Waals surface area contributed by atoms with Gasteiger partial charge in [0.1, 0.15) is 11.6 Å². The molecule has 2 aromatic carbocycles. The van der Waals surface area contributed by atoms with Crippen molar-refractivity contribution < 1.29 is 23.0 Å². The summed E-state index contributed by atoms with van der Waals surface area (Å²) in [5, 5.41) is 0. The Balaban J connectivity index is 2.26. The zero-order chi connectivity index (χ0) is 17.0. The standard InChI is InChI=1S/C17H17F2NO3/c1-20(10-11-7-8-12(18)9-14(11)19)17(21)13-5-4-6-15(22-2)16(13)23-3/h4-9H,10H2,1-3H3. The number of carbonyl (C=O) groups excluding carboxylic acids is 1.